The molecule has 0 saturated heterocycles. The Morgan fingerprint density at radius 3 is 2.69 bits per heavy atom. The summed E-state index contributed by atoms with van der Waals surface area (Å²) in [6.07, 6.45) is 2.91. The molecule has 16 heavy (non-hydrogen) atoms. The standard InChI is InChI=1S/C12H23N3O/c1-6-9(3)11(13-7-2)12-10(16-5)8-14-15(12)4/h8-9,11,13H,6-7H2,1-5H3. The highest BCUT2D eigenvalue weighted by Crippen LogP contribution is 2.30. The van der Waals surface area contributed by atoms with Gasteiger partial charge in [0.25, 0.3) is 0 Å². The molecule has 0 aliphatic rings. The van der Waals surface area contributed by atoms with Crippen molar-refractivity contribution in [2.24, 2.45) is 13.0 Å². The van der Waals surface area contributed by atoms with Crippen molar-refractivity contribution in [3.05, 3.63) is 11.9 Å². The molecule has 0 bridgehead atoms. The molecule has 0 fully saturated rings. The smallest absolute Gasteiger partial charge is 0.161 e. The van der Waals surface area contributed by atoms with E-state index in [1.54, 1.807) is 13.3 Å². The summed E-state index contributed by atoms with van der Waals surface area (Å²) in [7, 11) is 3.66. The van der Waals surface area contributed by atoms with Gasteiger partial charge in [-0.25, -0.2) is 0 Å². The monoisotopic (exact) mass is 225 g/mol. The van der Waals surface area contributed by atoms with Gasteiger partial charge in [0.05, 0.1) is 25.0 Å². The second kappa shape index (κ2) is 5.89. The summed E-state index contributed by atoms with van der Waals surface area (Å²) in [6, 6.07) is 0.303. The number of hydrogen-bond donors (Lipinski definition) is 1. The van der Waals surface area contributed by atoms with Gasteiger partial charge >= 0.3 is 0 Å². The summed E-state index contributed by atoms with van der Waals surface area (Å²) in [5, 5.41) is 7.77. The Hall–Kier alpha value is -1.03. The molecule has 0 amide bonds. The van der Waals surface area contributed by atoms with Crippen LogP contribution >= 0.6 is 0 Å². The fourth-order valence-corrected chi connectivity index (χ4v) is 1.96. The van der Waals surface area contributed by atoms with Crippen LogP contribution in [-0.2, 0) is 7.05 Å². The molecule has 0 radical (unpaired) electrons. The number of ether oxygens (including phenoxy) is 1. The van der Waals surface area contributed by atoms with Gasteiger partial charge in [0.2, 0.25) is 0 Å². The Morgan fingerprint density at radius 2 is 2.19 bits per heavy atom. The van der Waals surface area contributed by atoms with Crippen molar-refractivity contribution in [2.45, 2.75) is 33.2 Å². The molecule has 0 spiro atoms. The largest absolute Gasteiger partial charge is 0.493 e. The summed E-state index contributed by atoms with van der Waals surface area (Å²) >= 11 is 0. The van der Waals surface area contributed by atoms with Crippen molar-refractivity contribution >= 4 is 0 Å². The predicted octanol–water partition coefficient (Wildman–Crippen LogP) is 2.13. The number of nitrogens with one attached hydrogen (secondary N) is 1. The molecular formula is C12H23N3O. The first-order chi connectivity index (χ1) is 7.65. The van der Waals surface area contributed by atoms with E-state index in [9.17, 15) is 0 Å². The third-order valence-corrected chi connectivity index (χ3v) is 3.10. The van der Waals surface area contributed by atoms with E-state index in [-0.39, 0.29) is 0 Å². The van der Waals surface area contributed by atoms with E-state index >= 15 is 0 Å². The van der Waals surface area contributed by atoms with Gasteiger partial charge in [0.15, 0.2) is 5.75 Å². The lowest BCUT2D eigenvalue weighted by Crippen LogP contribution is -2.28. The van der Waals surface area contributed by atoms with Crippen molar-refractivity contribution in [1.82, 2.24) is 15.1 Å². The van der Waals surface area contributed by atoms with E-state index in [1.807, 2.05) is 11.7 Å². The first-order valence-corrected chi connectivity index (χ1v) is 5.94. The van der Waals surface area contributed by atoms with Crippen LogP contribution in [0.25, 0.3) is 0 Å². The highest BCUT2D eigenvalue weighted by molar-refractivity contribution is 5.28. The van der Waals surface area contributed by atoms with Gasteiger partial charge in [-0.15, -0.1) is 0 Å². The molecule has 0 aliphatic carbocycles. The van der Waals surface area contributed by atoms with Crippen LogP contribution in [0.3, 0.4) is 0 Å². The molecule has 2 unspecified atom stereocenters. The van der Waals surface area contributed by atoms with Crippen LogP contribution in [0.15, 0.2) is 6.20 Å². The topological polar surface area (TPSA) is 39.1 Å². The maximum absolute atomic E-state index is 5.36. The van der Waals surface area contributed by atoms with Gasteiger partial charge in [-0.2, -0.15) is 5.10 Å². The maximum Gasteiger partial charge on any atom is 0.161 e. The van der Waals surface area contributed by atoms with Gasteiger partial charge in [-0.05, 0) is 12.5 Å². The van der Waals surface area contributed by atoms with Gasteiger partial charge in [-0.3, -0.25) is 4.68 Å². The number of rotatable bonds is 6. The van der Waals surface area contributed by atoms with Crippen molar-refractivity contribution in [1.29, 1.82) is 0 Å². The van der Waals surface area contributed by atoms with Crippen molar-refractivity contribution in [2.75, 3.05) is 13.7 Å². The third kappa shape index (κ3) is 2.55. The molecule has 92 valence electrons. The second-order valence-corrected chi connectivity index (χ2v) is 4.14. The molecule has 0 aliphatic heterocycles. The van der Waals surface area contributed by atoms with E-state index in [0.717, 1.165) is 24.4 Å². The summed E-state index contributed by atoms with van der Waals surface area (Å²) in [6.45, 7) is 7.53. The average Bonchev–Trinajstić information content (AvgIpc) is 2.66. The molecule has 1 rings (SSSR count). The van der Waals surface area contributed by atoms with Crippen LogP contribution < -0.4 is 10.1 Å². The SMILES string of the molecule is CCNC(c1c(OC)cnn1C)C(C)CC. The van der Waals surface area contributed by atoms with E-state index < -0.39 is 0 Å². The van der Waals surface area contributed by atoms with Crippen molar-refractivity contribution in [3.63, 3.8) is 0 Å². The summed E-state index contributed by atoms with van der Waals surface area (Å²) in [5.74, 6) is 1.43. The first-order valence-electron chi connectivity index (χ1n) is 5.94. The molecule has 2 atom stereocenters. The van der Waals surface area contributed by atoms with Crippen LogP contribution in [0.1, 0.15) is 38.9 Å². The number of hydrogen-bond acceptors (Lipinski definition) is 3. The normalized spacial score (nSPS) is 14.8. The fourth-order valence-electron chi connectivity index (χ4n) is 1.96. The third-order valence-electron chi connectivity index (χ3n) is 3.10. The van der Waals surface area contributed by atoms with Gasteiger partial charge in [0, 0.05) is 7.05 Å². The van der Waals surface area contributed by atoms with Crippen LogP contribution in [0.2, 0.25) is 0 Å². The molecule has 0 saturated carbocycles. The second-order valence-electron chi connectivity index (χ2n) is 4.14. The Morgan fingerprint density at radius 1 is 1.50 bits per heavy atom. The van der Waals surface area contributed by atoms with Crippen LogP contribution in [0.5, 0.6) is 5.75 Å². The van der Waals surface area contributed by atoms with E-state index in [1.165, 1.54) is 0 Å². The molecule has 0 aromatic carbocycles. The zero-order valence-corrected chi connectivity index (χ0v) is 10.9. The zero-order valence-electron chi connectivity index (χ0n) is 10.9. The van der Waals surface area contributed by atoms with Crippen molar-refractivity contribution < 1.29 is 4.74 Å². The molecule has 1 heterocycles. The van der Waals surface area contributed by atoms with Crippen LogP contribution in [0, 0.1) is 5.92 Å². The van der Waals surface area contributed by atoms with E-state index in [4.69, 9.17) is 4.74 Å². The number of aromatic nitrogens is 2. The van der Waals surface area contributed by atoms with Crippen LogP contribution in [-0.4, -0.2) is 23.4 Å². The number of nitrogens with zero attached hydrogens (tertiary/aromatic N) is 2. The van der Waals surface area contributed by atoms with E-state index in [0.29, 0.717) is 12.0 Å². The summed E-state index contributed by atoms with van der Waals surface area (Å²) < 4.78 is 7.27. The number of aryl methyl sites for hydroxylation is 1. The Kier molecular flexibility index (Phi) is 4.80. The zero-order chi connectivity index (χ0) is 12.1. The highest BCUT2D eigenvalue weighted by Gasteiger charge is 2.24. The lowest BCUT2D eigenvalue weighted by Gasteiger charge is -2.24. The minimum atomic E-state index is 0.303. The minimum absolute atomic E-state index is 0.303. The lowest BCUT2D eigenvalue weighted by molar-refractivity contribution is 0.341. The lowest BCUT2D eigenvalue weighted by atomic mass is 9.96. The van der Waals surface area contributed by atoms with Gasteiger partial charge in [0.1, 0.15) is 0 Å². The Labute approximate surface area is 98.0 Å². The summed E-state index contributed by atoms with van der Waals surface area (Å²) in [5.41, 5.74) is 1.14. The molecule has 4 heteroatoms. The van der Waals surface area contributed by atoms with Gasteiger partial charge < -0.3 is 10.1 Å². The maximum atomic E-state index is 5.36. The van der Waals surface area contributed by atoms with E-state index in [2.05, 4.69) is 31.2 Å². The highest BCUT2D eigenvalue weighted by atomic mass is 16.5. The molecule has 4 nitrogen and oxygen atoms in total. The van der Waals surface area contributed by atoms with Crippen LogP contribution in [0.4, 0.5) is 0 Å². The molecular weight excluding hydrogens is 202 g/mol. The molecule has 1 aromatic heterocycles. The minimum Gasteiger partial charge on any atom is -0.493 e. The Bertz CT molecular complexity index is 322. The number of methoxy groups -OCH3 is 1. The van der Waals surface area contributed by atoms with Gasteiger partial charge in [-0.1, -0.05) is 27.2 Å². The summed E-state index contributed by atoms with van der Waals surface area (Å²) in [4.78, 5) is 0. The average molecular weight is 225 g/mol. The molecule has 1 N–H and O–H groups in total. The first kappa shape index (κ1) is 13.0. The predicted molar refractivity (Wildman–Crippen MR) is 65.6 cm³/mol. The fraction of sp³-hybridized carbons (Fsp3) is 0.750. The van der Waals surface area contributed by atoms with Crippen molar-refractivity contribution in [3.8, 4) is 5.75 Å². The quantitative estimate of drug-likeness (QED) is 0.806. The molecule has 1 aromatic rings. The Balaban J connectivity index is 3.03.